The van der Waals surface area contributed by atoms with E-state index in [1.54, 1.807) is 12.1 Å². The van der Waals surface area contributed by atoms with Crippen LogP contribution < -0.4 is 5.32 Å². The lowest BCUT2D eigenvalue weighted by molar-refractivity contribution is 0.930. The molecule has 1 saturated carbocycles. The van der Waals surface area contributed by atoms with Crippen LogP contribution in [0.15, 0.2) is 28.7 Å². The van der Waals surface area contributed by atoms with E-state index in [4.69, 9.17) is 16.9 Å². The first-order chi connectivity index (χ1) is 9.65. The molecule has 1 aliphatic carbocycles. The Hall–Kier alpha value is -1.64. The first-order valence-corrected chi connectivity index (χ1v) is 7.34. The predicted molar refractivity (Wildman–Crippen MR) is 81.2 cm³/mol. The number of hydrogen-bond acceptors (Lipinski definition) is 4. The maximum Gasteiger partial charge on any atom is 0.135 e. The summed E-state index contributed by atoms with van der Waals surface area (Å²) in [5, 5.41) is 12.7. The number of nitrogens with one attached hydrogen (secondary N) is 1. The summed E-state index contributed by atoms with van der Waals surface area (Å²) in [6.45, 7) is 0. The van der Waals surface area contributed by atoms with Crippen molar-refractivity contribution >= 4 is 39.0 Å². The Kier molecular flexibility index (Phi) is 3.60. The summed E-state index contributed by atoms with van der Waals surface area (Å²) in [6, 6.07) is 9.22. The highest BCUT2D eigenvalue weighted by Crippen LogP contribution is 2.39. The van der Waals surface area contributed by atoms with Crippen molar-refractivity contribution in [3.8, 4) is 6.07 Å². The third-order valence-electron chi connectivity index (χ3n) is 3.02. The largest absolute Gasteiger partial charge is 0.339 e. The molecule has 100 valence electrons. The van der Waals surface area contributed by atoms with E-state index < -0.39 is 0 Å². The van der Waals surface area contributed by atoms with E-state index in [0.29, 0.717) is 28.1 Å². The first-order valence-electron chi connectivity index (χ1n) is 6.17. The lowest BCUT2D eigenvalue weighted by atomic mass is 10.2. The van der Waals surface area contributed by atoms with Crippen LogP contribution >= 0.6 is 27.5 Å². The molecular weight excluding hydrogens is 340 g/mol. The Morgan fingerprint density at radius 1 is 1.30 bits per heavy atom. The van der Waals surface area contributed by atoms with Gasteiger partial charge in [-0.15, -0.1) is 0 Å². The monoisotopic (exact) mass is 348 g/mol. The summed E-state index contributed by atoms with van der Waals surface area (Å²) in [6.07, 6.45) is 2.22. The Balaban J connectivity index is 1.95. The van der Waals surface area contributed by atoms with E-state index in [9.17, 15) is 0 Å². The van der Waals surface area contributed by atoms with Crippen molar-refractivity contribution in [3.05, 3.63) is 45.3 Å². The number of benzene rings is 1. The molecule has 6 heteroatoms. The molecule has 0 bridgehead atoms. The van der Waals surface area contributed by atoms with Crippen molar-refractivity contribution in [3.63, 3.8) is 0 Å². The van der Waals surface area contributed by atoms with Gasteiger partial charge in [-0.05, 0) is 31.0 Å². The quantitative estimate of drug-likeness (QED) is 0.835. The number of nitrogens with zero attached hydrogens (tertiary/aromatic N) is 3. The van der Waals surface area contributed by atoms with Crippen LogP contribution in [0, 0.1) is 11.3 Å². The predicted octanol–water partition coefficient (Wildman–Crippen LogP) is 4.39. The molecule has 0 saturated heterocycles. The third kappa shape index (κ3) is 2.92. The van der Waals surface area contributed by atoms with Crippen LogP contribution in [0.1, 0.15) is 30.1 Å². The van der Waals surface area contributed by atoms with Crippen LogP contribution in [0.5, 0.6) is 0 Å². The van der Waals surface area contributed by atoms with Gasteiger partial charge in [-0.1, -0.05) is 27.5 Å². The van der Waals surface area contributed by atoms with Crippen LogP contribution in [0.25, 0.3) is 0 Å². The van der Waals surface area contributed by atoms with Crippen molar-refractivity contribution in [2.24, 2.45) is 0 Å². The van der Waals surface area contributed by atoms with E-state index in [0.717, 1.165) is 23.1 Å². The molecule has 1 aliphatic rings. The van der Waals surface area contributed by atoms with Gasteiger partial charge in [0.05, 0.1) is 11.3 Å². The average Bonchev–Trinajstić information content (AvgIpc) is 3.22. The van der Waals surface area contributed by atoms with Gasteiger partial charge in [-0.3, -0.25) is 0 Å². The zero-order valence-corrected chi connectivity index (χ0v) is 12.7. The average molecular weight is 350 g/mol. The maximum absolute atomic E-state index is 9.13. The van der Waals surface area contributed by atoms with Gasteiger partial charge in [0, 0.05) is 16.5 Å². The number of nitriles is 1. The fraction of sp³-hybridized carbons (Fsp3) is 0.214. The molecule has 0 amide bonds. The summed E-state index contributed by atoms with van der Waals surface area (Å²) >= 11 is 9.42. The molecule has 2 aromatic rings. The Bertz CT molecular complexity index is 707. The summed E-state index contributed by atoms with van der Waals surface area (Å²) in [7, 11) is 0. The molecule has 0 atom stereocenters. The summed E-state index contributed by atoms with van der Waals surface area (Å²) in [5.41, 5.74) is 1.24. The molecule has 3 rings (SSSR count). The van der Waals surface area contributed by atoms with Gasteiger partial charge in [-0.25, -0.2) is 9.97 Å². The van der Waals surface area contributed by atoms with Gasteiger partial charge in [0.1, 0.15) is 22.9 Å². The summed E-state index contributed by atoms with van der Waals surface area (Å²) in [5.74, 6) is 1.81. The minimum Gasteiger partial charge on any atom is -0.339 e. The minimum atomic E-state index is 0.415. The Morgan fingerprint density at radius 3 is 2.80 bits per heavy atom. The molecule has 0 radical (unpaired) electrons. The van der Waals surface area contributed by atoms with E-state index in [2.05, 4.69) is 37.3 Å². The molecule has 20 heavy (non-hydrogen) atoms. The van der Waals surface area contributed by atoms with Crippen LogP contribution in [0.2, 0.25) is 5.15 Å². The van der Waals surface area contributed by atoms with Crippen molar-refractivity contribution in [1.29, 1.82) is 5.26 Å². The molecule has 4 nitrogen and oxygen atoms in total. The first kappa shape index (κ1) is 13.3. The Labute approximate surface area is 129 Å². The highest BCUT2D eigenvalue weighted by atomic mass is 79.9. The van der Waals surface area contributed by atoms with E-state index in [1.165, 1.54) is 0 Å². The van der Waals surface area contributed by atoms with Crippen molar-refractivity contribution in [2.75, 3.05) is 5.32 Å². The second-order valence-corrected chi connectivity index (χ2v) is 5.94. The highest BCUT2D eigenvalue weighted by Gasteiger charge is 2.27. The minimum absolute atomic E-state index is 0.415. The Morgan fingerprint density at radius 2 is 2.10 bits per heavy atom. The topological polar surface area (TPSA) is 61.6 Å². The highest BCUT2D eigenvalue weighted by molar-refractivity contribution is 9.10. The number of rotatable bonds is 3. The van der Waals surface area contributed by atoms with E-state index >= 15 is 0 Å². The van der Waals surface area contributed by atoms with Crippen molar-refractivity contribution < 1.29 is 0 Å². The molecule has 0 spiro atoms. The van der Waals surface area contributed by atoms with Gasteiger partial charge in [0.15, 0.2) is 0 Å². The zero-order valence-electron chi connectivity index (χ0n) is 10.4. The van der Waals surface area contributed by atoms with Crippen molar-refractivity contribution in [2.45, 2.75) is 18.8 Å². The number of halogens is 2. The summed E-state index contributed by atoms with van der Waals surface area (Å²) in [4.78, 5) is 8.70. The number of aromatic nitrogens is 2. The summed E-state index contributed by atoms with van der Waals surface area (Å²) < 4.78 is 0.890. The molecular formula is C14H10BrClN4. The molecule has 0 unspecified atom stereocenters. The molecule has 1 heterocycles. The van der Waals surface area contributed by atoms with Gasteiger partial charge < -0.3 is 5.32 Å². The van der Waals surface area contributed by atoms with Gasteiger partial charge in [-0.2, -0.15) is 5.26 Å². The second-order valence-electron chi connectivity index (χ2n) is 4.64. The third-order valence-corrected chi connectivity index (χ3v) is 3.71. The fourth-order valence-electron chi connectivity index (χ4n) is 1.88. The lowest BCUT2D eigenvalue weighted by Gasteiger charge is -2.09. The van der Waals surface area contributed by atoms with Gasteiger partial charge >= 0.3 is 0 Å². The van der Waals surface area contributed by atoms with Crippen LogP contribution in [0.4, 0.5) is 11.5 Å². The van der Waals surface area contributed by atoms with Crippen LogP contribution in [-0.4, -0.2) is 9.97 Å². The molecule has 1 aromatic heterocycles. The van der Waals surface area contributed by atoms with Crippen LogP contribution in [0.3, 0.4) is 0 Å². The zero-order chi connectivity index (χ0) is 14.1. The lowest BCUT2D eigenvalue weighted by Crippen LogP contribution is -2.01. The normalized spacial score (nSPS) is 13.8. The van der Waals surface area contributed by atoms with Gasteiger partial charge in [0.2, 0.25) is 0 Å². The number of anilines is 2. The van der Waals surface area contributed by atoms with E-state index in [-0.39, 0.29) is 0 Å². The smallest absolute Gasteiger partial charge is 0.135 e. The second kappa shape index (κ2) is 5.39. The van der Waals surface area contributed by atoms with Gasteiger partial charge in [0.25, 0.3) is 0 Å². The fourth-order valence-corrected chi connectivity index (χ4v) is 2.43. The molecule has 0 aliphatic heterocycles. The standard InChI is InChI=1S/C14H10BrClN4/c15-10-4-3-9(7-17)11(5-10)18-13-6-12(16)19-14(20-13)8-1-2-8/h3-6,8H,1-2H2,(H,18,19,20). The SMILES string of the molecule is N#Cc1ccc(Br)cc1Nc1cc(Cl)nc(C2CC2)n1. The molecule has 1 N–H and O–H groups in total. The maximum atomic E-state index is 9.13. The number of hydrogen-bond donors (Lipinski definition) is 1. The van der Waals surface area contributed by atoms with E-state index in [1.807, 2.05) is 12.1 Å². The van der Waals surface area contributed by atoms with Crippen LogP contribution in [-0.2, 0) is 0 Å². The molecule has 1 aromatic carbocycles. The molecule has 1 fully saturated rings. The van der Waals surface area contributed by atoms with Crippen molar-refractivity contribution in [1.82, 2.24) is 9.97 Å².